The maximum Gasteiger partial charge on any atom is 0.358 e. The van der Waals surface area contributed by atoms with Crippen LogP contribution in [0.5, 0.6) is 5.75 Å². The number of β-lactam (4-membered cyclic amide) rings is 1. The molecular weight excluding hydrogens is 569 g/mol. The van der Waals surface area contributed by atoms with E-state index in [0.29, 0.717) is 15.7 Å². The summed E-state index contributed by atoms with van der Waals surface area (Å²) in [6, 6.07) is 9.74. The van der Waals surface area contributed by atoms with E-state index in [1.807, 2.05) is 24.4 Å². The van der Waals surface area contributed by atoms with Crippen LogP contribution in [-0.2, 0) is 32.1 Å². The van der Waals surface area contributed by atoms with Crippen LogP contribution in [-0.4, -0.2) is 56.5 Å². The summed E-state index contributed by atoms with van der Waals surface area (Å²) in [5.41, 5.74) is 0.426. The van der Waals surface area contributed by atoms with E-state index in [1.165, 1.54) is 51.2 Å². The second kappa shape index (κ2) is 12.7. The van der Waals surface area contributed by atoms with E-state index in [0.717, 1.165) is 14.8 Å². The zero-order valence-electron chi connectivity index (χ0n) is 20.6. The molecule has 2 aromatic heterocycles. The van der Waals surface area contributed by atoms with Crippen molar-refractivity contribution in [2.45, 2.75) is 42.6 Å². The number of carbonyl (C=O) groups excluding carboxylic acids is 3. The molecule has 14 heteroatoms. The SMILES string of the molecule is COc1ccc(COC(=O)C(=C(C)O)N2C(=O)C(NC(=O)Cc3cccs3)C2SSc2nnc(C)s2)cc1. The van der Waals surface area contributed by atoms with Crippen LogP contribution in [0.4, 0.5) is 0 Å². The number of hydrogen-bond acceptors (Lipinski definition) is 12. The number of aryl methyl sites for hydroxylation is 1. The standard InChI is InChI=1S/C24H24N4O6S4/c1-13(29)20(23(32)34-12-15-6-8-16(33-3)9-7-15)28-21(31)19(25-18(30)11-17-5-4-10-35-17)22(28)37-38-24-27-26-14(2)36-24/h4-10,19,22,29H,11-12H2,1-3H3,(H,25,30). The van der Waals surface area contributed by atoms with Crippen molar-refractivity contribution in [1.82, 2.24) is 20.4 Å². The minimum Gasteiger partial charge on any atom is -0.510 e. The first kappa shape index (κ1) is 28.0. The Morgan fingerprint density at radius 2 is 1.97 bits per heavy atom. The number of aliphatic hydroxyl groups is 1. The van der Waals surface area contributed by atoms with Gasteiger partial charge in [-0.3, -0.25) is 14.5 Å². The molecule has 2 atom stereocenters. The molecule has 3 heterocycles. The molecule has 0 radical (unpaired) electrons. The lowest BCUT2D eigenvalue weighted by molar-refractivity contribution is -0.153. The van der Waals surface area contributed by atoms with E-state index in [4.69, 9.17) is 9.47 Å². The number of hydrogen-bond donors (Lipinski definition) is 2. The van der Waals surface area contributed by atoms with Crippen molar-refractivity contribution in [3.05, 3.63) is 68.7 Å². The third-order valence-corrected chi connectivity index (χ3v) is 9.99. The Bertz CT molecular complexity index is 1320. The third-order valence-electron chi connectivity index (χ3n) is 5.31. The van der Waals surface area contributed by atoms with Gasteiger partial charge >= 0.3 is 5.97 Å². The Kier molecular flexibility index (Phi) is 9.31. The fourth-order valence-electron chi connectivity index (χ4n) is 3.49. The molecular formula is C24H24N4O6S4. The predicted molar refractivity (Wildman–Crippen MR) is 147 cm³/mol. The maximum atomic E-state index is 13.2. The number of allylic oxidation sites excluding steroid dienone is 1. The van der Waals surface area contributed by atoms with Crippen LogP contribution in [0.2, 0.25) is 0 Å². The van der Waals surface area contributed by atoms with Crippen LogP contribution in [0, 0.1) is 6.92 Å². The first-order valence-corrected chi connectivity index (χ1v) is 15.2. The summed E-state index contributed by atoms with van der Waals surface area (Å²) in [6.45, 7) is 3.07. The molecule has 0 saturated carbocycles. The number of nitrogens with zero attached hydrogens (tertiary/aromatic N) is 3. The fraction of sp³-hybridized carbons (Fsp3) is 0.292. The molecule has 3 aromatic rings. The van der Waals surface area contributed by atoms with Crippen LogP contribution < -0.4 is 10.1 Å². The van der Waals surface area contributed by atoms with E-state index < -0.39 is 23.3 Å². The van der Waals surface area contributed by atoms with E-state index in [-0.39, 0.29) is 30.4 Å². The van der Waals surface area contributed by atoms with E-state index in [1.54, 1.807) is 31.4 Å². The van der Waals surface area contributed by atoms with Gasteiger partial charge in [-0.1, -0.05) is 40.3 Å². The number of benzene rings is 1. The van der Waals surface area contributed by atoms with Gasteiger partial charge in [0.2, 0.25) is 5.91 Å². The van der Waals surface area contributed by atoms with Gasteiger partial charge in [0.1, 0.15) is 34.5 Å². The molecule has 4 rings (SSSR count). The fourth-order valence-corrected chi connectivity index (χ4v) is 7.85. The highest BCUT2D eigenvalue weighted by atomic mass is 33.1. The molecule has 1 aliphatic rings. The van der Waals surface area contributed by atoms with Crippen LogP contribution in [0.15, 0.2) is 57.6 Å². The number of rotatable bonds is 11. The van der Waals surface area contributed by atoms with E-state index >= 15 is 0 Å². The minimum absolute atomic E-state index is 0.0702. The molecule has 38 heavy (non-hydrogen) atoms. The highest BCUT2D eigenvalue weighted by Gasteiger charge is 2.53. The number of nitrogens with one attached hydrogen (secondary N) is 1. The van der Waals surface area contributed by atoms with Crippen molar-refractivity contribution in [3.8, 4) is 5.75 Å². The van der Waals surface area contributed by atoms with Gasteiger partial charge in [-0.15, -0.1) is 21.5 Å². The number of methoxy groups -OCH3 is 1. The molecule has 1 fully saturated rings. The van der Waals surface area contributed by atoms with Crippen molar-refractivity contribution >= 4 is 62.0 Å². The Balaban J connectivity index is 1.49. The highest BCUT2D eigenvalue weighted by Crippen LogP contribution is 2.44. The average Bonchev–Trinajstić information content (AvgIpc) is 3.57. The molecule has 200 valence electrons. The van der Waals surface area contributed by atoms with Crippen LogP contribution in [0.1, 0.15) is 22.4 Å². The summed E-state index contributed by atoms with van der Waals surface area (Å²) in [5, 5.41) is 23.2. The van der Waals surface area contributed by atoms with Gasteiger partial charge in [-0.05, 0) is 53.8 Å². The topological polar surface area (TPSA) is 131 Å². The van der Waals surface area contributed by atoms with Crippen molar-refractivity contribution < 1.29 is 29.0 Å². The summed E-state index contributed by atoms with van der Waals surface area (Å²) >= 11 is 2.83. The van der Waals surface area contributed by atoms with E-state index in [2.05, 4.69) is 15.5 Å². The molecule has 2 amide bonds. The molecule has 10 nitrogen and oxygen atoms in total. The number of likely N-dealkylation sites (tertiary alicyclic amines) is 1. The number of aromatic nitrogens is 2. The minimum atomic E-state index is -0.905. The number of ether oxygens (including phenoxy) is 2. The quantitative estimate of drug-likeness (QED) is 0.110. The largest absolute Gasteiger partial charge is 0.510 e. The highest BCUT2D eigenvalue weighted by molar-refractivity contribution is 8.77. The van der Waals surface area contributed by atoms with Crippen molar-refractivity contribution in [2.75, 3.05) is 7.11 Å². The van der Waals surface area contributed by atoms with Gasteiger partial charge in [0.25, 0.3) is 5.91 Å². The van der Waals surface area contributed by atoms with Crippen molar-refractivity contribution in [1.29, 1.82) is 0 Å². The number of amides is 2. The second-order valence-electron chi connectivity index (χ2n) is 8.02. The molecule has 0 bridgehead atoms. The number of esters is 1. The lowest BCUT2D eigenvalue weighted by Crippen LogP contribution is -2.69. The predicted octanol–water partition coefficient (Wildman–Crippen LogP) is 4.09. The molecule has 2 N–H and O–H groups in total. The second-order valence-corrected chi connectivity index (χ2v) is 12.8. The van der Waals surface area contributed by atoms with Gasteiger partial charge in [-0.25, -0.2) is 4.79 Å². The number of carbonyl (C=O) groups is 3. The summed E-state index contributed by atoms with van der Waals surface area (Å²) in [6.07, 6.45) is 0.132. The Morgan fingerprint density at radius 3 is 2.58 bits per heavy atom. The smallest absolute Gasteiger partial charge is 0.358 e. The van der Waals surface area contributed by atoms with Gasteiger partial charge in [0.15, 0.2) is 10.0 Å². The van der Waals surface area contributed by atoms with Crippen molar-refractivity contribution in [2.24, 2.45) is 0 Å². The molecule has 1 aromatic carbocycles. The molecule has 2 unspecified atom stereocenters. The molecule has 0 aliphatic carbocycles. The summed E-state index contributed by atoms with van der Waals surface area (Å²) in [7, 11) is 4.06. The average molecular weight is 593 g/mol. The first-order chi connectivity index (χ1) is 18.3. The first-order valence-electron chi connectivity index (χ1n) is 11.2. The van der Waals surface area contributed by atoms with Crippen LogP contribution >= 0.6 is 44.3 Å². The summed E-state index contributed by atoms with van der Waals surface area (Å²) < 4.78 is 11.2. The number of aliphatic hydroxyl groups excluding tert-OH is 1. The summed E-state index contributed by atoms with van der Waals surface area (Å²) in [5.74, 6) is -1.42. The summed E-state index contributed by atoms with van der Waals surface area (Å²) in [4.78, 5) is 40.9. The van der Waals surface area contributed by atoms with Gasteiger partial charge < -0.3 is 19.9 Å². The van der Waals surface area contributed by atoms with Crippen molar-refractivity contribution in [3.63, 3.8) is 0 Å². The zero-order chi connectivity index (χ0) is 27.2. The third kappa shape index (κ3) is 6.67. The lowest BCUT2D eigenvalue weighted by Gasteiger charge is -2.46. The maximum absolute atomic E-state index is 13.2. The van der Waals surface area contributed by atoms with E-state index in [9.17, 15) is 19.5 Å². The lowest BCUT2D eigenvalue weighted by atomic mass is 10.0. The van der Waals surface area contributed by atoms with Gasteiger partial charge in [-0.2, -0.15) is 0 Å². The van der Waals surface area contributed by atoms with Gasteiger partial charge in [0, 0.05) is 4.88 Å². The normalized spacial score (nSPS) is 17.4. The van der Waals surface area contributed by atoms with Crippen LogP contribution in [0.3, 0.4) is 0 Å². The zero-order valence-corrected chi connectivity index (χ0v) is 23.8. The number of thiophene rings is 1. The van der Waals surface area contributed by atoms with Crippen LogP contribution in [0.25, 0.3) is 0 Å². The molecule has 0 spiro atoms. The van der Waals surface area contributed by atoms with Gasteiger partial charge in [0.05, 0.1) is 13.5 Å². The monoisotopic (exact) mass is 592 g/mol. The molecule has 1 aliphatic heterocycles. The Morgan fingerprint density at radius 1 is 1.21 bits per heavy atom. The Hall–Kier alpha value is -3.07. The Labute approximate surface area is 234 Å². The molecule has 1 saturated heterocycles.